The number of nitrogens with two attached hydrogens (primary N) is 1. The number of rotatable bonds is 4. The van der Waals surface area contributed by atoms with Crippen LogP contribution in [0.5, 0.6) is 0 Å². The van der Waals surface area contributed by atoms with Crippen molar-refractivity contribution in [3.05, 3.63) is 18.6 Å². The van der Waals surface area contributed by atoms with Crippen LogP contribution >= 0.6 is 0 Å². The summed E-state index contributed by atoms with van der Waals surface area (Å²) < 4.78 is 7.37. The van der Waals surface area contributed by atoms with Gasteiger partial charge in [0.1, 0.15) is 0 Å². The number of nitrogens with zero attached hydrogens (tertiary/aromatic N) is 3. The van der Waals surface area contributed by atoms with Crippen molar-refractivity contribution in [1.82, 2.24) is 14.4 Å². The van der Waals surface area contributed by atoms with Gasteiger partial charge < -0.3 is 19.9 Å². The van der Waals surface area contributed by atoms with Crippen LogP contribution in [0.15, 0.2) is 18.6 Å². The molecule has 4 N–H and O–H groups in total. The average Bonchev–Trinajstić information content (AvgIpc) is 2.90. The average molecular weight is 276 g/mol. The highest BCUT2D eigenvalue weighted by Gasteiger charge is 2.48. The van der Waals surface area contributed by atoms with Crippen molar-refractivity contribution in [3.63, 3.8) is 0 Å². The number of nitrogens with one attached hydrogen (secondary N) is 2. The Hall–Kier alpha value is -1.86. The van der Waals surface area contributed by atoms with E-state index in [1.54, 1.807) is 19.5 Å². The molecule has 3 rings (SSSR count). The zero-order chi connectivity index (χ0) is 14.3. The molecule has 0 aromatic carbocycles. The zero-order valence-corrected chi connectivity index (χ0v) is 11.9. The van der Waals surface area contributed by atoms with Crippen LogP contribution in [0.3, 0.4) is 0 Å². The van der Waals surface area contributed by atoms with Crippen molar-refractivity contribution in [3.8, 4) is 0 Å². The summed E-state index contributed by atoms with van der Waals surface area (Å²) in [5.74, 6) is 6.79. The van der Waals surface area contributed by atoms with Gasteiger partial charge in [-0.15, -0.1) is 0 Å². The number of nitrogen functional groups attached to an aromatic ring is 1. The fourth-order valence-corrected chi connectivity index (χ4v) is 2.79. The van der Waals surface area contributed by atoms with Gasteiger partial charge in [0, 0.05) is 31.0 Å². The van der Waals surface area contributed by atoms with E-state index in [1.807, 2.05) is 10.6 Å². The van der Waals surface area contributed by atoms with Gasteiger partial charge in [0.15, 0.2) is 17.3 Å². The quantitative estimate of drug-likeness (QED) is 0.575. The van der Waals surface area contributed by atoms with Crippen LogP contribution in [-0.4, -0.2) is 33.6 Å². The largest absolute Gasteiger partial charge is 0.381 e. The number of imidazole rings is 1. The van der Waals surface area contributed by atoms with E-state index in [-0.39, 0.29) is 11.5 Å². The molecule has 2 aromatic rings. The molecule has 108 valence electrons. The number of methoxy groups -OCH3 is 1. The van der Waals surface area contributed by atoms with Crippen molar-refractivity contribution in [2.24, 2.45) is 11.3 Å². The van der Waals surface area contributed by atoms with Crippen LogP contribution in [0.4, 0.5) is 11.6 Å². The maximum absolute atomic E-state index is 5.47. The maximum Gasteiger partial charge on any atom is 0.180 e. The number of hydrogen-bond donors (Lipinski definition) is 3. The van der Waals surface area contributed by atoms with Gasteiger partial charge in [-0.1, -0.05) is 13.8 Å². The number of hydrazine groups is 1. The summed E-state index contributed by atoms with van der Waals surface area (Å²) in [5, 5.41) is 3.47. The number of fused-ring (bicyclic) bond motifs is 1. The highest BCUT2D eigenvalue weighted by Crippen LogP contribution is 2.44. The first-order valence-corrected chi connectivity index (χ1v) is 6.66. The minimum Gasteiger partial charge on any atom is -0.381 e. The first-order valence-electron chi connectivity index (χ1n) is 6.66. The topological polar surface area (TPSA) is 89.5 Å². The van der Waals surface area contributed by atoms with E-state index in [2.05, 4.69) is 34.6 Å². The molecule has 2 aromatic heterocycles. The molecule has 2 heterocycles. The lowest BCUT2D eigenvalue weighted by atomic mass is 9.64. The summed E-state index contributed by atoms with van der Waals surface area (Å²) in [6.45, 7) is 4.38. The second-order valence-corrected chi connectivity index (χ2v) is 5.76. The molecule has 0 aliphatic heterocycles. The summed E-state index contributed by atoms with van der Waals surface area (Å²) >= 11 is 0. The summed E-state index contributed by atoms with van der Waals surface area (Å²) in [6, 6.07) is 0.300. The van der Waals surface area contributed by atoms with Crippen molar-refractivity contribution >= 4 is 17.3 Å². The molecule has 2 unspecified atom stereocenters. The Morgan fingerprint density at radius 2 is 2.30 bits per heavy atom. The Balaban J connectivity index is 1.90. The highest BCUT2D eigenvalue weighted by molar-refractivity contribution is 5.66. The predicted molar refractivity (Wildman–Crippen MR) is 77.4 cm³/mol. The van der Waals surface area contributed by atoms with E-state index in [9.17, 15) is 0 Å². The van der Waals surface area contributed by atoms with Gasteiger partial charge in [-0.25, -0.2) is 15.8 Å². The monoisotopic (exact) mass is 276 g/mol. The van der Waals surface area contributed by atoms with Crippen LogP contribution < -0.4 is 16.6 Å². The minimum absolute atomic E-state index is 0.0617. The molecule has 1 aliphatic carbocycles. The molecule has 7 nitrogen and oxygen atoms in total. The van der Waals surface area contributed by atoms with Gasteiger partial charge >= 0.3 is 0 Å². The summed E-state index contributed by atoms with van der Waals surface area (Å²) in [4.78, 5) is 8.79. The smallest absolute Gasteiger partial charge is 0.180 e. The normalized spacial score (nSPS) is 24.4. The lowest BCUT2D eigenvalue weighted by molar-refractivity contribution is -0.0795. The summed E-state index contributed by atoms with van der Waals surface area (Å²) in [7, 11) is 1.76. The fourth-order valence-electron chi connectivity index (χ4n) is 2.79. The molecule has 1 saturated carbocycles. The lowest BCUT2D eigenvalue weighted by Crippen LogP contribution is -2.57. The van der Waals surface area contributed by atoms with Gasteiger partial charge in [0.2, 0.25) is 0 Å². The third-order valence-corrected chi connectivity index (χ3v) is 4.30. The SMILES string of the molecule is COC1CC(Nc2nc(NN)cn3ccnc23)C1(C)C. The molecule has 2 atom stereocenters. The first-order chi connectivity index (χ1) is 9.56. The zero-order valence-electron chi connectivity index (χ0n) is 11.9. The van der Waals surface area contributed by atoms with E-state index in [4.69, 9.17) is 10.6 Å². The molecule has 1 fully saturated rings. The molecule has 0 bridgehead atoms. The number of hydrogen-bond acceptors (Lipinski definition) is 6. The number of anilines is 2. The Morgan fingerprint density at radius 1 is 1.50 bits per heavy atom. The second kappa shape index (κ2) is 4.60. The molecule has 0 radical (unpaired) electrons. The standard InChI is InChI=1S/C13H20N6O/c1-13(2)8(6-9(13)20-3)16-11-12-15-4-5-19(12)7-10(17-11)18-14/h4-5,7-9,18H,6,14H2,1-3H3,(H,16,17). The third-order valence-electron chi connectivity index (χ3n) is 4.30. The van der Waals surface area contributed by atoms with Gasteiger partial charge in [0.05, 0.1) is 12.3 Å². The molecule has 7 heteroatoms. The van der Waals surface area contributed by atoms with Gasteiger partial charge in [0.25, 0.3) is 0 Å². The van der Waals surface area contributed by atoms with Gasteiger partial charge in [-0.05, 0) is 6.42 Å². The van der Waals surface area contributed by atoms with E-state index in [0.29, 0.717) is 11.9 Å². The molecule has 0 amide bonds. The summed E-state index contributed by atoms with van der Waals surface area (Å²) in [6.07, 6.45) is 6.64. The minimum atomic E-state index is 0.0617. The molecule has 1 aliphatic rings. The van der Waals surface area contributed by atoms with Crippen molar-refractivity contribution in [1.29, 1.82) is 0 Å². The Morgan fingerprint density at radius 3 is 2.95 bits per heavy atom. The van der Waals surface area contributed by atoms with Crippen LogP contribution in [-0.2, 0) is 4.74 Å². The Kier molecular flexibility index (Phi) is 3.02. The molecule has 0 saturated heterocycles. The fraction of sp³-hybridized carbons (Fsp3) is 0.538. The molecule has 0 spiro atoms. The Bertz CT molecular complexity index is 622. The molecular formula is C13H20N6O. The second-order valence-electron chi connectivity index (χ2n) is 5.76. The van der Waals surface area contributed by atoms with Gasteiger partial charge in [-0.3, -0.25) is 0 Å². The van der Waals surface area contributed by atoms with Crippen molar-refractivity contribution < 1.29 is 4.74 Å². The van der Waals surface area contributed by atoms with E-state index >= 15 is 0 Å². The molecular weight excluding hydrogens is 256 g/mol. The van der Waals surface area contributed by atoms with Crippen LogP contribution in [0.1, 0.15) is 20.3 Å². The number of aromatic nitrogens is 3. The van der Waals surface area contributed by atoms with Crippen molar-refractivity contribution in [2.45, 2.75) is 32.4 Å². The van der Waals surface area contributed by atoms with Gasteiger partial charge in [-0.2, -0.15) is 0 Å². The maximum atomic E-state index is 5.47. The Labute approximate surface area is 117 Å². The van der Waals surface area contributed by atoms with E-state index < -0.39 is 0 Å². The van der Waals surface area contributed by atoms with Crippen LogP contribution in [0.2, 0.25) is 0 Å². The third kappa shape index (κ3) is 1.90. The predicted octanol–water partition coefficient (Wildman–Crippen LogP) is 1.24. The van der Waals surface area contributed by atoms with Crippen molar-refractivity contribution in [2.75, 3.05) is 17.9 Å². The van der Waals surface area contributed by atoms with Crippen LogP contribution in [0.25, 0.3) is 5.65 Å². The van der Waals surface area contributed by atoms with Crippen LogP contribution in [0, 0.1) is 5.41 Å². The van der Waals surface area contributed by atoms with E-state index in [0.717, 1.165) is 17.9 Å². The highest BCUT2D eigenvalue weighted by atomic mass is 16.5. The number of ether oxygens (including phenoxy) is 1. The first kappa shape index (κ1) is 13.1. The lowest BCUT2D eigenvalue weighted by Gasteiger charge is -2.51. The van der Waals surface area contributed by atoms with E-state index in [1.165, 1.54) is 0 Å². The summed E-state index contributed by atoms with van der Waals surface area (Å²) in [5.41, 5.74) is 3.43. The molecule has 20 heavy (non-hydrogen) atoms.